The second-order valence-corrected chi connectivity index (χ2v) is 10.0. The standard InChI is InChI=1S/C29H40N4O3/c1-3-22-19-30-29(31-20-22)33-16-13-23(14-17-33)21-36-27-11-9-25(10-12-27)24-5-7-26(8-6-24)28(35)32(2)15-4-18-34/h5,9-12,19-20,23,26,34H,3-4,6-8,13-18,21H2,1-2H3. The lowest BCUT2D eigenvalue weighted by atomic mass is 9.86. The Bertz CT molecular complexity index is 998. The summed E-state index contributed by atoms with van der Waals surface area (Å²) in [7, 11) is 1.83. The number of piperidine rings is 1. The summed E-state index contributed by atoms with van der Waals surface area (Å²) in [6.45, 7) is 5.52. The number of anilines is 1. The molecule has 1 fully saturated rings. The molecule has 194 valence electrons. The van der Waals surface area contributed by atoms with Crippen LogP contribution in [0.5, 0.6) is 5.75 Å². The van der Waals surface area contributed by atoms with Crippen molar-refractivity contribution < 1.29 is 14.6 Å². The number of carbonyl (C=O) groups excluding carboxylic acids is 1. The fourth-order valence-corrected chi connectivity index (χ4v) is 5.02. The Morgan fingerprint density at radius 1 is 1.14 bits per heavy atom. The number of aromatic nitrogens is 2. The Kier molecular flexibility index (Phi) is 9.34. The first-order chi connectivity index (χ1) is 17.6. The molecule has 1 aromatic carbocycles. The number of rotatable bonds is 10. The van der Waals surface area contributed by atoms with Gasteiger partial charge in [-0.15, -0.1) is 0 Å². The van der Waals surface area contributed by atoms with Gasteiger partial charge in [-0.05, 0) is 79.7 Å². The Balaban J connectivity index is 1.21. The number of nitrogens with zero attached hydrogens (tertiary/aromatic N) is 4. The number of hydrogen-bond acceptors (Lipinski definition) is 6. The van der Waals surface area contributed by atoms with Gasteiger partial charge in [0.05, 0.1) is 6.61 Å². The molecule has 2 heterocycles. The van der Waals surface area contributed by atoms with E-state index in [4.69, 9.17) is 9.84 Å². The van der Waals surface area contributed by atoms with Crippen LogP contribution in [0.3, 0.4) is 0 Å². The average molecular weight is 493 g/mol. The van der Waals surface area contributed by atoms with Gasteiger partial charge in [-0.1, -0.05) is 25.1 Å². The van der Waals surface area contributed by atoms with Gasteiger partial charge in [-0.2, -0.15) is 0 Å². The van der Waals surface area contributed by atoms with E-state index < -0.39 is 0 Å². The lowest BCUT2D eigenvalue weighted by molar-refractivity contribution is -0.134. The summed E-state index contributed by atoms with van der Waals surface area (Å²) in [5.74, 6) is 2.53. The van der Waals surface area contributed by atoms with E-state index in [1.54, 1.807) is 4.90 Å². The third-order valence-corrected chi connectivity index (χ3v) is 7.50. The predicted octanol–water partition coefficient (Wildman–Crippen LogP) is 4.36. The van der Waals surface area contributed by atoms with Crippen LogP contribution in [-0.2, 0) is 11.2 Å². The molecule has 1 aliphatic heterocycles. The average Bonchev–Trinajstić information content (AvgIpc) is 2.95. The van der Waals surface area contributed by atoms with Crippen molar-refractivity contribution in [1.82, 2.24) is 14.9 Å². The third kappa shape index (κ3) is 6.84. The van der Waals surface area contributed by atoms with E-state index in [-0.39, 0.29) is 18.4 Å². The van der Waals surface area contributed by atoms with E-state index in [0.29, 0.717) is 18.9 Å². The lowest BCUT2D eigenvalue weighted by Crippen LogP contribution is -2.36. The van der Waals surface area contributed by atoms with Crippen molar-refractivity contribution in [1.29, 1.82) is 0 Å². The van der Waals surface area contributed by atoms with Crippen LogP contribution in [0.15, 0.2) is 42.7 Å². The first kappa shape index (κ1) is 26.1. The van der Waals surface area contributed by atoms with Gasteiger partial charge in [0.1, 0.15) is 5.75 Å². The molecule has 7 heteroatoms. The zero-order valence-corrected chi connectivity index (χ0v) is 21.7. The van der Waals surface area contributed by atoms with Gasteiger partial charge in [0.2, 0.25) is 11.9 Å². The maximum absolute atomic E-state index is 12.6. The van der Waals surface area contributed by atoms with Crippen LogP contribution >= 0.6 is 0 Å². The molecule has 0 spiro atoms. The van der Waals surface area contributed by atoms with Gasteiger partial charge >= 0.3 is 0 Å². The molecule has 2 aromatic rings. The third-order valence-electron chi connectivity index (χ3n) is 7.50. The minimum Gasteiger partial charge on any atom is -0.493 e. The van der Waals surface area contributed by atoms with Gasteiger partial charge in [-0.25, -0.2) is 9.97 Å². The molecule has 0 bridgehead atoms. The maximum atomic E-state index is 12.6. The quantitative estimate of drug-likeness (QED) is 0.531. The van der Waals surface area contributed by atoms with Crippen LogP contribution in [0.2, 0.25) is 0 Å². The summed E-state index contributed by atoms with van der Waals surface area (Å²) in [5, 5.41) is 8.99. The molecule has 1 saturated heterocycles. The highest BCUT2D eigenvalue weighted by Crippen LogP contribution is 2.32. The largest absolute Gasteiger partial charge is 0.493 e. The number of carbonyl (C=O) groups is 1. The summed E-state index contributed by atoms with van der Waals surface area (Å²) in [6.07, 6.45) is 12.4. The van der Waals surface area contributed by atoms with Crippen molar-refractivity contribution in [3.05, 3.63) is 53.9 Å². The topological polar surface area (TPSA) is 78.8 Å². The molecule has 1 unspecified atom stereocenters. The van der Waals surface area contributed by atoms with Crippen LogP contribution < -0.4 is 9.64 Å². The molecule has 4 rings (SSSR count). The Morgan fingerprint density at radius 3 is 2.47 bits per heavy atom. The lowest BCUT2D eigenvalue weighted by Gasteiger charge is -2.31. The van der Waals surface area contributed by atoms with Crippen LogP contribution in [0.4, 0.5) is 5.95 Å². The second kappa shape index (κ2) is 12.9. The summed E-state index contributed by atoms with van der Waals surface area (Å²) >= 11 is 0. The Labute approximate surface area is 215 Å². The minimum atomic E-state index is 0.0498. The molecule has 0 radical (unpaired) electrons. The van der Waals surface area contributed by atoms with Gasteiger partial charge < -0.3 is 19.6 Å². The van der Waals surface area contributed by atoms with Crippen LogP contribution in [0, 0.1) is 11.8 Å². The monoisotopic (exact) mass is 492 g/mol. The van der Waals surface area contributed by atoms with Crippen molar-refractivity contribution in [2.45, 2.75) is 51.9 Å². The number of amides is 1. The number of benzene rings is 1. The SMILES string of the molecule is CCc1cnc(N2CCC(COc3ccc(C4=CCC(C(=O)N(C)CCCO)CC4)cc3)CC2)nc1. The molecule has 36 heavy (non-hydrogen) atoms. The maximum Gasteiger partial charge on any atom is 0.225 e. The molecule has 1 aliphatic carbocycles. The molecular weight excluding hydrogens is 452 g/mol. The highest BCUT2D eigenvalue weighted by atomic mass is 16.5. The van der Waals surface area contributed by atoms with E-state index in [0.717, 1.165) is 69.9 Å². The normalized spacial score (nSPS) is 18.6. The van der Waals surface area contributed by atoms with Crippen molar-refractivity contribution in [3.8, 4) is 5.75 Å². The smallest absolute Gasteiger partial charge is 0.225 e. The molecule has 0 saturated carbocycles. The first-order valence-corrected chi connectivity index (χ1v) is 13.4. The molecule has 2 aliphatic rings. The number of ether oxygens (including phenoxy) is 1. The van der Waals surface area contributed by atoms with E-state index in [2.05, 4.69) is 52.1 Å². The molecule has 1 amide bonds. The van der Waals surface area contributed by atoms with E-state index in [1.165, 1.54) is 16.7 Å². The first-order valence-electron chi connectivity index (χ1n) is 13.4. The van der Waals surface area contributed by atoms with Gasteiger partial charge in [-0.3, -0.25) is 4.79 Å². The molecule has 1 atom stereocenters. The summed E-state index contributed by atoms with van der Waals surface area (Å²) in [4.78, 5) is 25.7. The Morgan fingerprint density at radius 2 is 1.86 bits per heavy atom. The van der Waals surface area contributed by atoms with Gasteiger partial charge in [0, 0.05) is 51.6 Å². The second-order valence-electron chi connectivity index (χ2n) is 10.0. The fourth-order valence-electron chi connectivity index (χ4n) is 5.02. The number of aliphatic hydroxyl groups excluding tert-OH is 1. The number of hydrogen-bond donors (Lipinski definition) is 1. The summed E-state index contributed by atoms with van der Waals surface area (Å²) < 4.78 is 6.13. The Hall–Kier alpha value is -2.93. The molecule has 1 aromatic heterocycles. The molecular formula is C29H40N4O3. The zero-order chi connectivity index (χ0) is 25.3. The van der Waals surface area contributed by atoms with Gasteiger partial charge in [0.25, 0.3) is 0 Å². The number of aryl methyl sites for hydroxylation is 1. The van der Waals surface area contributed by atoms with E-state index in [1.807, 2.05) is 19.4 Å². The van der Waals surface area contributed by atoms with E-state index in [9.17, 15) is 4.79 Å². The summed E-state index contributed by atoms with van der Waals surface area (Å²) in [6, 6.07) is 8.40. The minimum absolute atomic E-state index is 0.0498. The highest BCUT2D eigenvalue weighted by molar-refractivity contribution is 5.80. The van der Waals surface area contributed by atoms with Crippen molar-refractivity contribution in [2.24, 2.45) is 11.8 Å². The van der Waals surface area contributed by atoms with Crippen molar-refractivity contribution in [3.63, 3.8) is 0 Å². The number of allylic oxidation sites excluding steroid dienone is 2. The molecule has 7 nitrogen and oxygen atoms in total. The van der Waals surface area contributed by atoms with Crippen LogP contribution in [0.25, 0.3) is 5.57 Å². The fraction of sp³-hybridized carbons (Fsp3) is 0.552. The van der Waals surface area contributed by atoms with Crippen LogP contribution in [-0.4, -0.2) is 65.8 Å². The number of aliphatic hydroxyl groups is 1. The van der Waals surface area contributed by atoms with E-state index >= 15 is 0 Å². The summed E-state index contributed by atoms with van der Waals surface area (Å²) in [5.41, 5.74) is 3.69. The van der Waals surface area contributed by atoms with Crippen molar-refractivity contribution >= 4 is 17.4 Å². The molecule has 1 N–H and O–H groups in total. The predicted molar refractivity (Wildman–Crippen MR) is 143 cm³/mol. The van der Waals surface area contributed by atoms with Gasteiger partial charge in [0.15, 0.2) is 0 Å². The van der Waals surface area contributed by atoms with Crippen LogP contribution in [0.1, 0.15) is 56.6 Å². The van der Waals surface area contributed by atoms with Crippen molar-refractivity contribution in [2.75, 3.05) is 44.8 Å². The zero-order valence-electron chi connectivity index (χ0n) is 21.7. The highest BCUT2D eigenvalue weighted by Gasteiger charge is 2.25.